The predicted octanol–water partition coefficient (Wildman–Crippen LogP) is 3.11. The summed E-state index contributed by atoms with van der Waals surface area (Å²) in [5.41, 5.74) is 2.33. The first-order chi connectivity index (χ1) is 11.2. The first-order valence-electron chi connectivity index (χ1n) is 7.39. The van der Waals surface area contributed by atoms with Gasteiger partial charge in [-0.05, 0) is 30.2 Å². The van der Waals surface area contributed by atoms with Gasteiger partial charge in [-0.2, -0.15) is 0 Å². The van der Waals surface area contributed by atoms with E-state index in [1.807, 2.05) is 12.1 Å². The summed E-state index contributed by atoms with van der Waals surface area (Å²) in [5, 5.41) is 6.76. The number of nitrogens with one attached hydrogen (secondary N) is 2. The Morgan fingerprint density at radius 2 is 2.04 bits per heavy atom. The number of halogens is 1. The highest BCUT2D eigenvalue weighted by atomic mass is 35.5. The second-order valence-electron chi connectivity index (χ2n) is 5.04. The molecule has 122 valence electrons. The summed E-state index contributed by atoms with van der Waals surface area (Å²) in [6.07, 6.45) is 4.14. The minimum atomic E-state index is -0.159. The molecule has 0 saturated heterocycles. The van der Waals surface area contributed by atoms with Crippen molar-refractivity contribution in [2.75, 3.05) is 25.6 Å². The Labute approximate surface area is 141 Å². The van der Waals surface area contributed by atoms with Gasteiger partial charge in [-0.15, -0.1) is 0 Å². The van der Waals surface area contributed by atoms with Crippen molar-refractivity contribution >= 4 is 23.2 Å². The third kappa shape index (κ3) is 5.88. The van der Waals surface area contributed by atoms with E-state index in [2.05, 4.69) is 15.6 Å². The first-order valence-corrected chi connectivity index (χ1v) is 7.77. The maximum absolute atomic E-state index is 12.2. The molecule has 0 spiro atoms. The van der Waals surface area contributed by atoms with Crippen LogP contribution in [0.15, 0.2) is 42.7 Å². The molecule has 2 rings (SSSR count). The number of nitrogens with zero attached hydrogens (tertiary/aromatic N) is 1. The molecule has 1 heterocycles. The van der Waals surface area contributed by atoms with Crippen LogP contribution in [0.2, 0.25) is 5.02 Å². The van der Waals surface area contributed by atoms with Crippen molar-refractivity contribution in [3.8, 4) is 0 Å². The van der Waals surface area contributed by atoms with Gasteiger partial charge in [0.25, 0.3) is 5.91 Å². The second-order valence-corrected chi connectivity index (χ2v) is 5.48. The Morgan fingerprint density at radius 1 is 1.26 bits per heavy atom. The van der Waals surface area contributed by atoms with Crippen LogP contribution in [0.1, 0.15) is 22.3 Å². The highest BCUT2D eigenvalue weighted by Crippen LogP contribution is 2.11. The number of carbonyl (C=O) groups is 1. The third-order valence-electron chi connectivity index (χ3n) is 3.22. The van der Waals surface area contributed by atoms with Gasteiger partial charge in [0.2, 0.25) is 0 Å². The summed E-state index contributed by atoms with van der Waals surface area (Å²) in [7, 11) is 1.67. The Bertz CT molecular complexity index is 632. The number of carbonyl (C=O) groups excluding carboxylic acids is 1. The number of aromatic nitrogens is 1. The molecule has 0 aliphatic carbocycles. The van der Waals surface area contributed by atoms with Gasteiger partial charge in [-0.25, -0.2) is 0 Å². The lowest BCUT2D eigenvalue weighted by Gasteiger charge is -2.08. The lowest BCUT2D eigenvalue weighted by atomic mass is 10.2. The maximum atomic E-state index is 12.2. The zero-order chi connectivity index (χ0) is 16.5. The fourth-order valence-electron chi connectivity index (χ4n) is 2.00. The molecule has 1 aromatic heterocycles. The van der Waals surface area contributed by atoms with Crippen LogP contribution in [-0.2, 0) is 11.3 Å². The Kier molecular flexibility index (Phi) is 6.84. The smallest absolute Gasteiger partial charge is 0.253 e. The highest BCUT2D eigenvalue weighted by molar-refractivity contribution is 6.30. The van der Waals surface area contributed by atoms with Crippen molar-refractivity contribution in [1.29, 1.82) is 0 Å². The van der Waals surface area contributed by atoms with Crippen molar-refractivity contribution in [2.45, 2.75) is 13.0 Å². The molecule has 1 amide bonds. The van der Waals surface area contributed by atoms with Crippen LogP contribution in [0.4, 0.5) is 5.69 Å². The van der Waals surface area contributed by atoms with Crippen LogP contribution in [-0.4, -0.2) is 31.2 Å². The SMILES string of the molecule is COCCCNc1cncc(C(=O)NCc2ccc(Cl)cc2)c1. The van der Waals surface area contributed by atoms with Crippen LogP contribution in [0.5, 0.6) is 0 Å². The summed E-state index contributed by atoms with van der Waals surface area (Å²) >= 11 is 5.84. The number of rotatable bonds is 8. The molecule has 5 nitrogen and oxygen atoms in total. The number of methoxy groups -OCH3 is 1. The normalized spacial score (nSPS) is 10.3. The number of hydrogen-bond donors (Lipinski definition) is 2. The van der Waals surface area contributed by atoms with Crippen LogP contribution < -0.4 is 10.6 Å². The van der Waals surface area contributed by atoms with Crippen LogP contribution >= 0.6 is 11.6 Å². The van der Waals surface area contributed by atoms with Crippen LogP contribution in [0, 0.1) is 0 Å². The molecular weight excluding hydrogens is 314 g/mol. The van der Waals surface area contributed by atoms with Gasteiger partial charge >= 0.3 is 0 Å². The Balaban J connectivity index is 1.87. The van der Waals surface area contributed by atoms with Crippen LogP contribution in [0.3, 0.4) is 0 Å². The molecule has 0 radical (unpaired) electrons. The number of ether oxygens (including phenoxy) is 1. The minimum Gasteiger partial charge on any atom is -0.385 e. The van der Waals surface area contributed by atoms with Crippen molar-refractivity contribution in [3.05, 3.63) is 58.9 Å². The molecule has 0 bridgehead atoms. The minimum absolute atomic E-state index is 0.159. The van der Waals surface area contributed by atoms with Gasteiger partial charge in [0, 0.05) is 44.2 Å². The van der Waals surface area contributed by atoms with E-state index in [-0.39, 0.29) is 5.91 Å². The van der Waals surface area contributed by atoms with E-state index in [1.54, 1.807) is 37.7 Å². The topological polar surface area (TPSA) is 63.2 Å². The summed E-state index contributed by atoms with van der Waals surface area (Å²) in [6, 6.07) is 9.16. The molecule has 0 aliphatic heterocycles. The lowest BCUT2D eigenvalue weighted by molar-refractivity contribution is 0.0950. The average molecular weight is 334 g/mol. The average Bonchev–Trinajstić information content (AvgIpc) is 2.58. The largest absolute Gasteiger partial charge is 0.385 e. The number of benzene rings is 1. The van der Waals surface area contributed by atoms with Gasteiger partial charge in [0.15, 0.2) is 0 Å². The second kappa shape index (κ2) is 9.12. The van der Waals surface area contributed by atoms with E-state index in [4.69, 9.17) is 16.3 Å². The van der Waals surface area contributed by atoms with Crippen LogP contribution in [0.25, 0.3) is 0 Å². The fourth-order valence-corrected chi connectivity index (χ4v) is 2.12. The highest BCUT2D eigenvalue weighted by Gasteiger charge is 2.07. The van der Waals surface area contributed by atoms with E-state index in [0.29, 0.717) is 23.7 Å². The summed E-state index contributed by atoms with van der Waals surface area (Å²) in [5.74, 6) is -0.159. The molecule has 0 saturated carbocycles. The van der Waals surface area contributed by atoms with E-state index >= 15 is 0 Å². The van der Waals surface area contributed by atoms with Crippen molar-refractivity contribution in [3.63, 3.8) is 0 Å². The standard InChI is InChI=1S/C17H20ClN3O2/c1-23-8-2-7-20-16-9-14(11-19-12-16)17(22)21-10-13-3-5-15(18)6-4-13/h3-6,9,11-12,20H,2,7-8,10H2,1H3,(H,21,22). The molecular formula is C17H20ClN3O2. The molecule has 23 heavy (non-hydrogen) atoms. The van der Waals surface area contributed by atoms with Gasteiger partial charge in [-0.1, -0.05) is 23.7 Å². The quantitative estimate of drug-likeness (QED) is 0.729. The lowest BCUT2D eigenvalue weighted by Crippen LogP contribution is -2.23. The maximum Gasteiger partial charge on any atom is 0.253 e. The molecule has 6 heteroatoms. The van der Waals surface area contributed by atoms with Gasteiger partial charge in [-0.3, -0.25) is 9.78 Å². The number of amides is 1. The molecule has 1 aromatic carbocycles. The van der Waals surface area contributed by atoms with Gasteiger partial charge in [0.05, 0.1) is 11.3 Å². The predicted molar refractivity (Wildman–Crippen MR) is 91.8 cm³/mol. The molecule has 0 fully saturated rings. The van der Waals surface area contributed by atoms with Gasteiger partial charge < -0.3 is 15.4 Å². The summed E-state index contributed by atoms with van der Waals surface area (Å²) in [4.78, 5) is 16.3. The molecule has 2 N–H and O–H groups in total. The fraction of sp³-hybridized carbons (Fsp3) is 0.294. The summed E-state index contributed by atoms with van der Waals surface area (Å²) in [6.45, 7) is 1.91. The monoisotopic (exact) mass is 333 g/mol. The molecule has 0 atom stereocenters. The van der Waals surface area contributed by atoms with E-state index in [9.17, 15) is 4.79 Å². The first kappa shape index (κ1) is 17.2. The van der Waals surface area contributed by atoms with Gasteiger partial charge in [0.1, 0.15) is 0 Å². The molecule has 0 unspecified atom stereocenters. The number of hydrogen-bond acceptors (Lipinski definition) is 4. The zero-order valence-electron chi connectivity index (χ0n) is 13.0. The zero-order valence-corrected chi connectivity index (χ0v) is 13.8. The summed E-state index contributed by atoms with van der Waals surface area (Å²) < 4.78 is 5.00. The number of pyridine rings is 1. The third-order valence-corrected chi connectivity index (χ3v) is 3.47. The van der Waals surface area contributed by atoms with E-state index < -0.39 is 0 Å². The number of anilines is 1. The Morgan fingerprint density at radius 3 is 2.78 bits per heavy atom. The Hall–Kier alpha value is -2.11. The van der Waals surface area contributed by atoms with Crippen molar-refractivity contribution in [1.82, 2.24) is 10.3 Å². The van der Waals surface area contributed by atoms with Crippen molar-refractivity contribution < 1.29 is 9.53 Å². The van der Waals surface area contributed by atoms with Crippen molar-refractivity contribution in [2.24, 2.45) is 0 Å². The molecule has 0 aliphatic rings. The van der Waals surface area contributed by atoms with E-state index in [1.165, 1.54) is 0 Å². The molecule has 2 aromatic rings. The van der Waals surface area contributed by atoms with E-state index in [0.717, 1.165) is 24.2 Å².